The van der Waals surface area contributed by atoms with Crippen molar-refractivity contribution >= 4 is 17.9 Å². The summed E-state index contributed by atoms with van der Waals surface area (Å²) < 4.78 is 5.46. The number of aliphatic hydroxyl groups is 1. The lowest BCUT2D eigenvalue weighted by atomic mass is 10.2. The van der Waals surface area contributed by atoms with Crippen LogP contribution in [0.3, 0.4) is 0 Å². The average molecular weight is 243 g/mol. The lowest BCUT2D eigenvalue weighted by Gasteiger charge is -2.09. The molecule has 0 aliphatic rings. The summed E-state index contributed by atoms with van der Waals surface area (Å²) in [4.78, 5) is 10.7. The molecule has 0 saturated carbocycles. The fourth-order valence-electron chi connectivity index (χ4n) is 1.34. The molecule has 16 heavy (non-hydrogen) atoms. The van der Waals surface area contributed by atoms with E-state index >= 15 is 0 Å². The van der Waals surface area contributed by atoms with Crippen molar-refractivity contribution in [3.05, 3.63) is 28.8 Å². The van der Waals surface area contributed by atoms with Gasteiger partial charge in [-0.2, -0.15) is 0 Å². The van der Waals surface area contributed by atoms with E-state index in [2.05, 4.69) is 0 Å². The maximum atomic E-state index is 10.7. The van der Waals surface area contributed by atoms with Crippen LogP contribution in [0.1, 0.15) is 29.6 Å². The highest BCUT2D eigenvalue weighted by Gasteiger charge is 2.06. The molecule has 0 fully saturated rings. The fraction of sp³-hybridized carbons (Fsp3) is 0.417. The molecule has 0 aromatic heterocycles. The van der Waals surface area contributed by atoms with E-state index < -0.39 is 0 Å². The molecule has 0 atom stereocenters. The smallest absolute Gasteiger partial charge is 0.153 e. The molecule has 1 aromatic carbocycles. The topological polar surface area (TPSA) is 46.5 Å². The van der Waals surface area contributed by atoms with Crippen LogP contribution in [-0.2, 0) is 0 Å². The van der Waals surface area contributed by atoms with Crippen molar-refractivity contribution < 1.29 is 14.6 Å². The molecule has 0 radical (unpaired) electrons. The quantitative estimate of drug-likeness (QED) is 0.591. The first-order valence-corrected chi connectivity index (χ1v) is 5.64. The van der Waals surface area contributed by atoms with Crippen molar-refractivity contribution in [1.29, 1.82) is 0 Å². The molecule has 0 amide bonds. The summed E-state index contributed by atoms with van der Waals surface area (Å²) in [7, 11) is 0. The van der Waals surface area contributed by atoms with Gasteiger partial charge in [0.05, 0.1) is 17.2 Å². The third kappa shape index (κ3) is 3.83. The zero-order valence-electron chi connectivity index (χ0n) is 8.99. The van der Waals surface area contributed by atoms with Crippen LogP contribution in [-0.4, -0.2) is 24.6 Å². The number of benzene rings is 1. The summed E-state index contributed by atoms with van der Waals surface area (Å²) in [5.74, 6) is 0.447. The standard InChI is InChI=1S/C12H15ClO3/c13-11-6-4-5-10(9-15)12(11)16-8-3-1-2-7-14/h4-6,9,14H,1-3,7-8H2. The van der Waals surface area contributed by atoms with E-state index in [1.165, 1.54) is 0 Å². The van der Waals surface area contributed by atoms with Gasteiger partial charge >= 0.3 is 0 Å². The highest BCUT2D eigenvalue weighted by molar-refractivity contribution is 6.32. The van der Waals surface area contributed by atoms with E-state index in [1.54, 1.807) is 18.2 Å². The Labute approximate surface area is 100.0 Å². The van der Waals surface area contributed by atoms with Crippen molar-refractivity contribution in [1.82, 2.24) is 0 Å². The molecule has 0 bridgehead atoms. The molecule has 0 spiro atoms. The number of para-hydroxylation sites is 1. The summed E-state index contributed by atoms with van der Waals surface area (Å²) in [5, 5.41) is 9.05. The lowest BCUT2D eigenvalue weighted by Crippen LogP contribution is -2.01. The second-order valence-electron chi connectivity index (χ2n) is 3.41. The van der Waals surface area contributed by atoms with Crippen LogP contribution in [0.15, 0.2) is 18.2 Å². The van der Waals surface area contributed by atoms with Crippen LogP contribution in [0.5, 0.6) is 5.75 Å². The normalized spacial score (nSPS) is 10.1. The number of carbonyl (C=O) groups excluding carboxylic acids is 1. The first-order chi connectivity index (χ1) is 7.79. The van der Waals surface area contributed by atoms with Crippen molar-refractivity contribution in [2.75, 3.05) is 13.2 Å². The average Bonchev–Trinajstić information content (AvgIpc) is 2.30. The van der Waals surface area contributed by atoms with Crippen molar-refractivity contribution in [3.8, 4) is 5.75 Å². The number of carbonyl (C=O) groups is 1. The molecule has 0 aliphatic carbocycles. The molecule has 0 aliphatic heterocycles. The number of halogens is 1. The van der Waals surface area contributed by atoms with Gasteiger partial charge in [0.1, 0.15) is 5.75 Å². The molecule has 1 aromatic rings. The second-order valence-corrected chi connectivity index (χ2v) is 3.82. The van der Waals surface area contributed by atoms with E-state index in [0.29, 0.717) is 22.9 Å². The number of aldehydes is 1. The van der Waals surface area contributed by atoms with Gasteiger partial charge in [0.15, 0.2) is 6.29 Å². The predicted octanol–water partition coefficient (Wildman–Crippen LogP) is 2.69. The molecule has 1 rings (SSSR count). The maximum absolute atomic E-state index is 10.7. The van der Waals surface area contributed by atoms with Gasteiger partial charge in [-0.05, 0) is 31.4 Å². The Hall–Kier alpha value is -1.06. The highest BCUT2D eigenvalue weighted by Crippen LogP contribution is 2.27. The number of unbranched alkanes of at least 4 members (excludes halogenated alkanes) is 2. The van der Waals surface area contributed by atoms with E-state index in [-0.39, 0.29) is 6.61 Å². The van der Waals surface area contributed by atoms with Crippen LogP contribution >= 0.6 is 11.6 Å². The Morgan fingerprint density at radius 3 is 2.81 bits per heavy atom. The summed E-state index contributed by atoms with van der Waals surface area (Å²) in [5.41, 5.74) is 0.467. The highest BCUT2D eigenvalue weighted by atomic mass is 35.5. The largest absolute Gasteiger partial charge is 0.491 e. The zero-order chi connectivity index (χ0) is 11.8. The van der Waals surface area contributed by atoms with Gasteiger partial charge in [0.25, 0.3) is 0 Å². The SMILES string of the molecule is O=Cc1cccc(Cl)c1OCCCCCO. The van der Waals surface area contributed by atoms with Gasteiger partial charge < -0.3 is 9.84 Å². The molecule has 0 unspecified atom stereocenters. The van der Waals surface area contributed by atoms with Crippen molar-refractivity contribution in [3.63, 3.8) is 0 Å². The molecule has 0 saturated heterocycles. The minimum absolute atomic E-state index is 0.200. The molecule has 88 valence electrons. The molecule has 0 heterocycles. The van der Waals surface area contributed by atoms with Crippen molar-refractivity contribution in [2.24, 2.45) is 0 Å². The summed E-state index contributed by atoms with van der Waals surface area (Å²) >= 11 is 5.92. The van der Waals surface area contributed by atoms with E-state index in [0.717, 1.165) is 25.5 Å². The fourth-order valence-corrected chi connectivity index (χ4v) is 1.57. The Kier molecular flexibility index (Phi) is 5.90. The van der Waals surface area contributed by atoms with Gasteiger partial charge in [-0.25, -0.2) is 0 Å². The van der Waals surface area contributed by atoms with Crippen molar-refractivity contribution in [2.45, 2.75) is 19.3 Å². The first-order valence-electron chi connectivity index (χ1n) is 5.27. The van der Waals surface area contributed by atoms with Gasteiger partial charge in [-0.15, -0.1) is 0 Å². The van der Waals surface area contributed by atoms with Crippen LogP contribution < -0.4 is 4.74 Å². The Morgan fingerprint density at radius 2 is 2.12 bits per heavy atom. The minimum Gasteiger partial charge on any atom is -0.491 e. The van der Waals surface area contributed by atoms with Crippen LogP contribution in [0.4, 0.5) is 0 Å². The van der Waals surface area contributed by atoms with Crippen LogP contribution in [0, 0.1) is 0 Å². The van der Waals surface area contributed by atoms with Crippen LogP contribution in [0.25, 0.3) is 0 Å². The molecule has 3 nitrogen and oxygen atoms in total. The summed E-state index contributed by atoms with van der Waals surface area (Å²) in [6, 6.07) is 5.07. The third-order valence-corrected chi connectivity index (χ3v) is 2.47. The van der Waals surface area contributed by atoms with Gasteiger partial charge in [0, 0.05) is 6.61 Å². The second kappa shape index (κ2) is 7.25. The molecule has 4 heteroatoms. The number of ether oxygens (including phenoxy) is 1. The Morgan fingerprint density at radius 1 is 1.31 bits per heavy atom. The summed E-state index contributed by atoms with van der Waals surface area (Å²) in [6.45, 7) is 0.705. The number of aliphatic hydroxyl groups excluding tert-OH is 1. The van der Waals surface area contributed by atoms with Gasteiger partial charge in [-0.3, -0.25) is 4.79 Å². The predicted molar refractivity (Wildman–Crippen MR) is 63.3 cm³/mol. The van der Waals surface area contributed by atoms with E-state index in [4.69, 9.17) is 21.4 Å². The molecule has 1 N–H and O–H groups in total. The monoisotopic (exact) mass is 242 g/mol. The number of hydrogen-bond acceptors (Lipinski definition) is 3. The minimum atomic E-state index is 0.200. The third-order valence-electron chi connectivity index (χ3n) is 2.17. The maximum Gasteiger partial charge on any atom is 0.153 e. The van der Waals surface area contributed by atoms with E-state index in [1.807, 2.05) is 0 Å². The number of hydrogen-bond donors (Lipinski definition) is 1. The zero-order valence-corrected chi connectivity index (χ0v) is 9.74. The van der Waals surface area contributed by atoms with E-state index in [9.17, 15) is 4.79 Å². The molecular weight excluding hydrogens is 228 g/mol. The summed E-state index contributed by atoms with van der Waals surface area (Å²) in [6.07, 6.45) is 3.24. The van der Waals surface area contributed by atoms with Gasteiger partial charge in [-0.1, -0.05) is 17.7 Å². The number of rotatable bonds is 7. The lowest BCUT2D eigenvalue weighted by molar-refractivity contribution is 0.111. The van der Waals surface area contributed by atoms with Gasteiger partial charge in [0.2, 0.25) is 0 Å². The Bertz CT molecular complexity index is 339. The Balaban J connectivity index is 2.49. The van der Waals surface area contributed by atoms with Crippen LogP contribution in [0.2, 0.25) is 5.02 Å². The first kappa shape index (κ1) is 13.0. The molecular formula is C12H15ClO3.